The molecule has 0 saturated carbocycles. The largest absolute Gasteiger partial charge is 0.453 e. The van der Waals surface area contributed by atoms with Crippen LogP contribution in [0.3, 0.4) is 0 Å². The van der Waals surface area contributed by atoms with Gasteiger partial charge in [0.25, 0.3) is 0 Å². The van der Waals surface area contributed by atoms with E-state index >= 15 is 0 Å². The minimum Gasteiger partial charge on any atom is -0.453 e. The Morgan fingerprint density at radius 3 is 2.95 bits per heavy atom. The van der Waals surface area contributed by atoms with E-state index in [4.69, 9.17) is 13.6 Å². The van der Waals surface area contributed by atoms with Crippen molar-refractivity contribution in [3.8, 4) is 10.8 Å². The number of nitro groups is 1. The van der Waals surface area contributed by atoms with Crippen LogP contribution in [-0.2, 0) is 11.3 Å². The Hall–Kier alpha value is -2.94. The zero-order valence-corrected chi connectivity index (χ0v) is 11.7. The van der Waals surface area contributed by atoms with Crippen LogP contribution in [-0.4, -0.2) is 15.9 Å². The SMILES string of the molecule is O=C(OCc1coc(-c2cccs2)n1)c1ccc([N+](=O)[O-])o1. The van der Waals surface area contributed by atoms with E-state index in [1.54, 1.807) is 0 Å². The van der Waals surface area contributed by atoms with Gasteiger partial charge in [0, 0.05) is 0 Å². The number of oxazole rings is 1. The van der Waals surface area contributed by atoms with E-state index in [0.717, 1.165) is 10.9 Å². The normalized spacial score (nSPS) is 10.5. The first-order chi connectivity index (χ1) is 10.6. The van der Waals surface area contributed by atoms with Gasteiger partial charge in [-0.1, -0.05) is 6.07 Å². The molecule has 3 aromatic rings. The second-order valence-electron chi connectivity index (χ2n) is 4.09. The predicted octanol–water partition coefficient (Wildman–Crippen LogP) is 3.26. The van der Waals surface area contributed by atoms with Crippen LogP contribution in [0.25, 0.3) is 10.8 Å². The Kier molecular flexibility index (Phi) is 3.71. The summed E-state index contributed by atoms with van der Waals surface area (Å²) >= 11 is 1.47. The average molecular weight is 320 g/mol. The Labute approximate surface area is 127 Å². The van der Waals surface area contributed by atoms with Crippen LogP contribution in [0.4, 0.5) is 5.88 Å². The maximum Gasteiger partial charge on any atom is 0.433 e. The van der Waals surface area contributed by atoms with E-state index in [-0.39, 0.29) is 12.4 Å². The smallest absolute Gasteiger partial charge is 0.433 e. The molecule has 0 unspecified atom stereocenters. The lowest BCUT2D eigenvalue weighted by Gasteiger charge is -1.98. The topological polar surface area (TPSA) is 109 Å². The third kappa shape index (κ3) is 2.88. The van der Waals surface area contributed by atoms with Crippen molar-refractivity contribution in [3.63, 3.8) is 0 Å². The maximum atomic E-state index is 11.7. The van der Waals surface area contributed by atoms with Crippen LogP contribution >= 0.6 is 11.3 Å². The van der Waals surface area contributed by atoms with Gasteiger partial charge in [-0.15, -0.1) is 11.3 Å². The van der Waals surface area contributed by atoms with Crippen LogP contribution in [0.2, 0.25) is 0 Å². The highest BCUT2D eigenvalue weighted by Crippen LogP contribution is 2.24. The highest BCUT2D eigenvalue weighted by molar-refractivity contribution is 7.13. The first-order valence-corrected chi connectivity index (χ1v) is 6.91. The molecule has 0 aromatic carbocycles. The van der Waals surface area contributed by atoms with E-state index in [2.05, 4.69) is 4.98 Å². The van der Waals surface area contributed by atoms with Gasteiger partial charge in [-0.2, -0.15) is 0 Å². The first-order valence-electron chi connectivity index (χ1n) is 6.03. The number of rotatable bonds is 5. The fraction of sp³-hybridized carbons (Fsp3) is 0.0769. The van der Waals surface area contributed by atoms with Gasteiger partial charge < -0.3 is 13.6 Å². The number of esters is 1. The second kappa shape index (κ2) is 5.82. The molecule has 0 aliphatic carbocycles. The molecule has 0 saturated heterocycles. The summed E-state index contributed by atoms with van der Waals surface area (Å²) in [6, 6.07) is 5.99. The summed E-state index contributed by atoms with van der Waals surface area (Å²) in [5.74, 6) is -1.13. The molecule has 3 heterocycles. The third-order valence-corrected chi connectivity index (χ3v) is 3.47. The Balaban J connectivity index is 1.62. The number of aromatic nitrogens is 1. The number of thiophene rings is 1. The minimum absolute atomic E-state index is 0.123. The number of hydrogen-bond donors (Lipinski definition) is 0. The maximum absolute atomic E-state index is 11.7. The van der Waals surface area contributed by atoms with Crippen molar-refractivity contribution >= 4 is 23.2 Å². The van der Waals surface area contributed by atoms with Gasteiger partial charge in [-0.25, -0.2) is 9.78 Å². The molecule has 0 aliphatic heterocycles. The number of ether oxygens (including phenoxy) is 1. The first kappa shape index (κ1) is 14.0. The Morgan fingerprint density at radius 2 is 2.27 bits per heavy atom. The lowest BCUT2D eigenvalue weighted by atomic mass is 10.4. The van der Waals surface area contributed by atoms with E-state index < -0.39 is 16.8 Å². The second-order valence-corrected chi connectivity index (χ2v) is 5.04. The average Bonchev–Trinajstić information content (AvgIpc) is 3.23. The summed E-state index contributed by atoms with van der Waals surface area (Å²) in [5.41, 5.74) is 0.429. The Bertz CT molecular complexity index is 804. The summed E-state index contributed by atoms with van der Waals surface area (Å²) in [6.07, 6.45) is 1.38. The fourth-order valence-electron chi connectivity index (χ4n) is 1.63. The standard InChI is InChI=1S/C13H8N2O6S/c16-13(9-3-4-11(21-9)15(17)18)20-7-8-6-19-12(14-8)10-2-1-5-22-10/h1-6H,7H2. The van der Waals surface area contributed by atoms with Crippen LogP contribution < -0.4 is 0 Å². The molecule has 0 radical (unpaired) electrons. The van der Waals surface area contributed by atoms with Crippen molar-refractivity contribution in [2.75, 3.05) is 0 Å². The van der Waals surface area contributed by atoms with Gasteiger partial charge in [-0.3, -0.25) is 10.1 Å². The lowest BCUT2D eigenvalue weighted by Crippen LogP contribution is -2.04. The van der Waals surface area contributed by atoms with Gasteiger partial charge in [0.15, 0.2) is 0 Å². The summed E-state index contributed by atoms with van der Waals surface area (Å²) < 4.78 is 15.0. The molecule has 8 nitrogen and oxygen atoms in total. The van der Waals surface area contributed by atoms with Gasteiger partial charge in [0.1, 0.15) is 23.5 Å². The van der Waals surface area contributed by atoms with Crippen LogP contribution in [0.5, 0.6) is 0 Å². The number of carbonyl (C=O) groups is 1. The molecule has 0 N–H and O–H groups in total. The highest BCUT2D eigenvalue weighted by atomic mass is 32.1. The molecule has 3 rings (SSSR count). The molecule has 0 aliphatic rings. The number of furan rings is 1. The summed E-state index contributed by atoms with van der Waals surface area (Å²) in [4.78, 5) is 26.5. The monoisotopic (exact) mass is 320 g/mol. The van der Waals surface area contributed by atoms with Gasteiger partial charge in [-0.05, 0) is 17.5 Å². The van der Waals surface area contributed by atoms with Crippen molar-refractivity contribution in [3.05, 3.63) is 57.5 Å². The quantitative estimate of drug-likeness (QED) is 0.403. The van der Waals surface area contributed by atoms with E-state index in [9.17, 15) is 14.9 Å². The zero-order chi connectivity index (χ0) is 15.5. The molecule has 0 spiro atoms. The van der Waals surface area contributed by atoms with E-state index in [1.165, 1.54) is 23.7 Å². The van der Waals surface area contributed by atoms with E-state index in [0.29, 0.717) is 11.6 Å². The van der Waals surface area contributed by atoms with Crippen molar-refractivity contribution in [1.29, 1.82) is 0 Å². The van der Waals surface area contributed by atoms with Gasteiger partial charge in [0.05, 0.1) is 10.9 Å². The van der Waals surface area contributed by atoms with Crippen LogP contribution in [0.1, 0.15) is 16.2 Å². The molecular formula is C13H8N2O6S. The van der Waals surface area contributed by atoms with Crippen LogP contribution in [0.15, 0.2) is 44.7 Å². The molecule has 112 valence electrons. The summed E-state index contributed by atoms with van der Waals surface area (Å²) in [6.45, 7) is -0.123. The van der Waals surface area contributed by atoms with Gasteiger partial charge in [0.2, 0.25) is 11.7 Å². The molecule has 0 fully saturated rings. The third-order valence-electron chi connectivity index (χ3n) is 2.61. The molecule has 9 heteroatoms. The van der Waals surface area contributed by atoms with Crippen molar-refractivity contribution in [2.24, 2.45) is 0 Å². The Morgan fingerprint density at radius 1 is 1.41 bits per heavy atom. The molecule has 0 atom stereocenters. The molecule has 22 heavy (non-hydrogen) atoms. The lowest BCUT2D eigenvalue weighted by molar-refractivity contribution is -0.402. The molecular weight excluding hydrogens is 312 g/mol. The van der Waals surface area contributed by atoms with Crippen molar-refractivity contribution in [1.82, 2.24) is 4.98 Å². The molecule has 3 aromatic heterocycles. The molecule has 0 amide bonds. The number of carbonyl (C=O) groups excluding carboxylic acids is 1. The zero-order valence-electron chi connectivity index (χ0n) is 10.9. The summed E-state index contributed by atoms with van der Waals surface area (Å²) in [7, 11) is 0. The predicted molar refractivity (Wildman–Crippen MR) is 74.3 cm³/mol. The summed E-state index contributed by atoms with van der Waals surface area (Å²) in [5, 5.41) is 12.4. The highest BCUT2D eigenvalue weighted by Gasteiger charge is 2.19. The van der Waals surface area contributed by atoms with E-state index in [1.807, 2.05) is 17.5 Å². The number of hydrogen-bond acceptors (Lipinski definition) is 8. The minimum atomic E-state index is -0.811. The molecule has 0 bridgehead atoms. The van der Waals surface area contributed by atoms with Crippen molar-refractivity contribution < 1.29 is 23.3 Å². The van der Waals surface area contributed by atoms with Crippen molar-refractivity contribution in [2.45, 2.75) is 6.61 Å². The van der Waals surface area contributed by atoms with Gasteiger partial charge >= 0.3 is 11.9 Å². The number of nitrogens with zero attached hydrogens (tertiary/aromatic N) is 2. The fourth-order valence-corrected chi connectivity index (χ4v) is 2.29. The van der Waals surface area contributed by atoms with Crippen LogP contribution in [0, 0.1) is 10.1 Å².